The highest BCUT2D eigenvalue weighted by Gasteiger charge is 2.15. The van der Waals surface area contributed by atoms with E-state index in [4.69, 9.17) is 5.11 Å². The molecule has 0 atom stereocenters. The van der Waals surface area contributed by atoms with Crippen LogP contribution in [-0.2, 0) is 7.05 Å². The number of nitrogens with zero attached hydrogens (tertiary/aromatic N) is 2. The first-order valence-corrected chi connectivity index (χ1v) is 4.50. The fraction of sp³-hybridized carbons (Fsp3) is 0.200. The lowest BCUT2D eigenvalue weighted by molar-refractivity contribution is 0.0698. The molecule has 5 heteroatoms. The standard InChI is InChI=1S/C10H11N3O2/c1-6-9(5-13(2)12-6)7-3-11-4-8(7)10(14)15/h3-5,11H,1-2H3,(H,14,15). The fourth-order valence-corrected chi connectivity index (χ4v) is 1.63. The van der Waals surface area contributed by atoms with Crippen LogP contribution >= 0.6 is 0 Å². The van der Waals surface area contributed by atoms with Crippen molar-refractivity contribution in [3.63, 3.8) is 0 Å². The maximum absolute atomic E-state index is 10.9. The van der Waals surface area contributed by atoms with Crippen molar-refractivity contribution in [3.05, 3.63) is 29.8 Å². The minimum Gasteiger partial charge on any atom is -0.478 e. The van der Waals surface area contributed by atoms with Crippen LogP contribution in [0.2, 0.25) is 0 Å². The van der Waals surface area contributed by atoms with Crippen LogP contribution in [0.5, 0.6) is 0 Å². The van der Waals surface area contributed by atoms with E-state index >= 15 is 0 Å². The van der Waals surface area contributed by atoms with Crippen LogP contribution < -0.4 is 0 Å². The number of nitrogens with one attached hydrogen (secondary N) is 1. The number of hydrogen-bond donors (Lipinski definition) is 2. The molecule has 0 bridgehead atoms. The van der Waals surface area contributed by atoms with Gasteiger partial charge in [-0.05, 0) is 6.92 Å². The number of aromatic amines is 1. The van der Waals surface area contributed by atoms with Gasteiger partial charge in [0.25, 0.3) is 0 Å². The zero-order valence-electron chi connectivity index (χ0n) is 8.48. The predicted molar refractivity (Wildman–Crippen MR) is 54.7 cm³/mol. The molecule has 2 aromatic rings. The molecule has 78 valence electrons. The summed E-state index contributed by atoms with van der Waals surface area (Å²) in [7, 11) is 1.81. The van der Waals surface area contributed by atoms with Crippen molar-refractivity contribution in [2.45, 2.75) is 6.92 Å². The number of carboxylic acid groups (broad SMARTS) is 1. The zero-order valence-corrected chi connectivity index (χ0v) is 8.48. The summed E-state index contributed by atoms with van der Waals surface area (Å²) in [6, 6.07) is 0. The minimum atomic E-state index is -0.936. The maximum Gasteiger partial charge on any atom is 0.337 e. The van der Waals surface area contributed by atoms with Crippen molar-refractivity contribution in [3.8, 4) is 11.1 Å². The highest BCUT2D eigenvalue weighted by Crippen LogP contribution is 2.25. The van der Waals surface area contributed by atoms with Gasteiger partial charge >= 0.3 is 5.97 Å². The Morgan fingerprint density at radius 1 is 1.47 bits per heavy atom. The van der Waals surface area contributed by atoms with Crippen LogP contribution in [0.1, 0.15) is 16.1 Å². The van der Waals surface area contributed by atoms with E-state index in [1.165, 1.54) is 6.20 Å². The Balaban J connectivity index is 2.58. The second-order valence-corrected chi connectivity index (χ2v) is 3.39. The first-order valence-electron chi connectivity index (χ1n) is 4.50. The average Bonchev–Trinajstić information content (AvgIpc) is 2.71. The molecule has 0 spiro atoms. The largest absolute Gasteiger partial charge is 0.478 e. The van der Waals surface area contributed by atoms with Crippen LogP contribution in [0.3, 0.4) is 0 Å². The van der Waals surface area contributed by atoms with E-state index in [0.29, 0.717) is 5.56 Å². The summed E-state index contributed by atoms with van der Waals surface area (Å²) in [5, 5.41) is 13.1. The second-order valence-electron chi connectivity index (χ2n) is 3.39. The van der Waals surface area contributed by atoms with E-state index in [0.717, 1.165) is 11.3 Å². The Hall–Kier alpha value is -2.04. The van der Waals surface area contributed by atoms with E-state index in [2.05, 4.69) is 10.1 Å². The molecule has 5 nitrogen and oxygen atoms in total. The summed E-state index contributed by atoms with van der Waals surface area (Å²) >= 11 is 0. The molecular formula is C10H11N3O2. The molecule has 0 amide bonds. The number of carbonyl (C=O) groups is 1. The third-order valence-electron chi connectivity index (χ3n) is 2.28. The molecule has 2 heterocycles. The first-order chi connectivity index (χ1) is 7.09. The first kappa shape index (κ1) is 9.51. The summed E-state index contributed by atoms with van der Waals surface area (Å²) in [6.07, 6.45) is 4.96. The molecule has 0 aliphatic rings. The third kappa shape index (κ3) is 1.52. The summed E-state index contributed by atoms with van der Waals surface area (Å²) in [5.41, 5.74) is 2.61. The Bertz CT molecular complexity index is 510. The van der Waals surface area contributed by atoms with Gasteiger partial charge in [0.2, 0.25) is 0 Å². The normalized spacial score (nSPS) is 10.5. The lowest BCUT2D eigenvalue weighted by Crippen LogP contribution is -1.95. The highest BCUT2D eigenvalue weighted by molar-refractivity contribution is 5.96. The molecule has 0 saturated heterocycles. The molecule has 0 aliphatic carbocycles. The van der Waals surface area contributed by atoms with Crippen molar-refractivity contribution in [2.24, 2.45) is 7.05 Å². The molecule has 0 aromatic carbocycles. The van der Waals surface area contributed by atoms with E-state index in [1.807, 2.05) is 20.2 Å². The number of aromatic nitrogens is 3. The van der Waals surface area contributed by atoms with Crippen LogP contribution in [-0.4, -0.2) is 25.8 Å². The number of aromatic carboxylic acids is 1. The van der Waals surface area contributed by atoms with Gasteiger partial charge in [-0.2, -0.15) is 5.10 Å². The smallest absolute Gasteiger partial charge is 0.337 e. The van der Waals surface area contributed by atoms with E-state index in [9.17, 15) is 4.79 Å². The van der Waals surface area contributed by atoms with Crippen molar-refractivity contribution in [2.75, 3.05) is 0 Å². The topological polar surface area (TPSA) is 70.9 Å². The van der Waals surface area contributed by atoms with Gasteiger partial charge in [-0.1, -0.05) is 0 Å². The van der Waals surface area contributed by atoms with Gasteiger partial charge < -0.3 is 10.1 Å². The predicted octanol–water partition coefficient (Wildman–Crippen LogP) is 1.42. The summed E-state index contributed by atoms with van der Waals surface area (Å²) in [4.78, 5) is 13.7. The molecule has 15 heavy (non-hydrogen) atoms. The van der Waals surface area contributed by atoms with Crippen molar-refractivity contribution >= 4 is 5.97 Å². The van der Waals surface area contributed by atoms with Gasteiger partial charge in [-0.25, -0.2) is 4.79 Å². The third-order valence-corrected chi connectivity index (χ3v) is 2.28. The van der Waals surface area contributed by atoms with Gasteiger partial charge in [0.15, 0.2) is 0 Å². The Morgan fingerprint density at radius 2 is 2.20 bits per heavy atom. The quantitative estimate of drug-likeness (QED) is 0.778. The molecule has 0 radical (unpaired) electrons. The number of aryl methyl sites for hydroxylation is 2. The van der Waals surface area contributed by atoms with Crippen molar-refractivity contribution < 1.29 is 9.90 Å². The van der Waals surface area contributed by atoms with E-state index < -0.39 is 5.97 Å². The van der Waals surface area contributed by atoms with Crippen LogP contribution in [0.4, 0.5) is 0 Å². The molecule has 0 fully saturated rings. The van der Waals surface area contributed by atoms with Gasteiger partial charge in [-0.3, -0.25) is 4.68 Å². The van der Waals surface area contributed by atoms with Crippen LogP contribution in [0.25, 0.3) is 11.1 Å². The molecular weight excluding hydrogens is 194 g/mol. The molecule has 2 N–H and O–H groups in total. The van der Waals surface area contributed by atoms with Crippen molar-refractivity contribution in [1.29, 1.82) is 0 Å². The molecule has 0 unspecified atom stereocenters. The van der Waals surface area contributed by atoms with Gasteiger partial charge in [-0.15, -0.1) is 0 Å². The Morgan fingerprint density at radius 3 is 2.73 bits per heavy atom. The second kappa shape index (κ2) is 3.27. The number of carboxylic acids is 1. The Labute approximate surface area is 86.4 Å². The maximum atomic E-state index is 10.9. The minimum absolute atomic E-state index is 0.270. The molecule has 2 rings (SSSR count). The zero-order chi connectivity index (χ0) is 11.0. The lowest BCUT2D eigenvalue weighted by Gasteiger charge is -1.96. The number of hydrogen-bond acceptors (Lipinski definition) is 2. The molecule has 0 aliphatic heterocycles. The summed E-state index contributed by atoms with van der Waals surface area (Å²) in [6.45, 7) is 1.86. The number of rotatable bonds is 2. The SMILES string of the molecule is Cc1nn(C)cc1-c1c[nH]cc1C(=O)O. The highest BCUT2D eigenvalue weighted by atomic mass is 16.4. The van der Waals surface area contributed by atoms with Crippen LogP contribution in [0.15, 0.2) is 18.6 Å². The van der Waals surface area contributed by atoms with Gasteiger partial charge in [0.05, 0.1) is 11.3 Å². The average molecular weight is 205 g/mol. The van der Waals surface area contributed by atoms with Crippen molar-refractivity contribution in [1.82, 2.24) is 14.8 Å². The van der Waals surface area contributed by atoms with E-state index in [-0.39, 0.29) is 5.56 Å². The lowest BCUT2D eigenvalue weighted by atomic mass is 10.1. The van der Waals surface area contributed by atoms with Gasteiger partial charge in [0.1, 0.15) is 0 Å². The summed E-state index contributed by atoms with van der Waals surface area (Å²) in [5.74, 6) is -0.936. The molecule has 0 saturated carbocycles. The molecule has 2 aromatic heterocycles. The monoisotopic (exact) mass is 205 g/mol. The summed E-state index contributed by atoms with van der Waals surface area (Å²) < 4.78 is 1.67. The Kier molecular flexibility index (Phi) is 2.07. The van der Waals surface area contributed by atoms with E-state index in [1.54, 1.807) is 10.9 Å². The van der Waals surface area contributed by atoms with Crippen LogP contribution in [0, 0.1) is 6.92 Å². The fourth-order valence-electron chi connectivity index (χ4n) is 1.63. The number of H-pyrrole nitrogens is 1. The van der Waals surface area contributed by atoms with Gasteiger partial charge in [0, 0.05) is 36.8 Å².